The number of aromatic nitrogens is 2. The minimum Gasteiger partial charge on any atom is -0.408 e. The fraction of sp³-hybridized carbons (Fsp3) is 0.579. The maximum atomic E-state index is 11.2. The maximum Gasteiger partial charge on any atom is 0.410 e. The average Bonchev–Trinajstić information content (AvgIpc) is 2.96. The van der Waals surface area contributed by atoms with Crippen molar-refractivity contribution >= 4 is 17.1 Å². The lowest BCUT2D eigenvalue weighted by Gasteiger charge is -2.32. The number of piperidine rings is 1. The highest BCUT2D eigenvalue weighted by Crippen LogP contribution is 2.34. The summed E-state index contributed by atoms with van der Waals surface area (Å²) < 4.78 is 7.46. The Kier molecular flexibility index (Phi) is 5.27. The predicted molar refractivity (Wildman–Crippen MR) is 99.0 cm³/mol. The number of ether oxygens (including phenoxy) is 1. The number of rotatable bonds is 5. The Morgan fingerprint density at radius 3 is 2.92 bits per heavy atom. The third kappa shape index (κ3) is 3.63. The fourth-order valence-electron chi connectivity index (χ4n) is 3.92. The Balaban J connectivity index is 2.04. The van der Waals surface area contributed by atoms with Gasteiger partial charge in [-0.3, -0.25) is 0 Å². The molecule has 2 N–H and O–H groups in total. The van der Waals surface area contributed by atoms with E-state index in [0.29, 0.717) is 11.7 Å². The molecule has 1 fully saturated rings. The highest BCUT2D eigenvalue weighted by molar-refractivity contribution is 5.85. The van der Waals surface area contributed by atoms with E-state index in [0.717, 1.165) is 36.4 Å². The standard InChI is InChI=1S/C19H28N4O2/c1-4-10-22-11-6-7-14(12-22)18-21-17-15(23(18)13(2)3)8-5-9-16(17)25-19(20)24/h5,8-9,13-14H,4,6-7,10-12H2,1-3H3,(H2,20,24). The smallest absolute Gasteiger partial charge is 0.408 e. The average molecular weight is 344 g/mol. The number of nitrogens with two attached hydrogens (primary N) is 1. The molecule has 0 bridgehead atoms. The summed E-state index contributed by atoms with van der Waals surface area (Å²) in [4.78, 5) is 18.6. The Labute approximate surface area is 149 Å². The minimum atomic E-state index is -0.806. The number of benzene rings is 1. The van der Waals surface area contributed by atoms with E-state index < -0.39 is 6.09 Å². The molecule has 1 aromatic heterocycles. The lowest BCUT2D eigenvalue weighted by Crippen LogP contribution is -2.36. The second-order valence-electron chi connectivity index (χ2n) is 7.12. The number of para-hydroxylation sites is 1. The molecule has 1 amide bonds. The monoisotopic (exact) mass is 344 g/mol. The molecular weight excluding hydrogens is 316 g/mol. The lowest BCUT2D eigenvalue weighted by atomic mass is 9.96. The van der Waals surface area contributed by atoms with Gasteiger partial charge in [-0.05, 0) is 58.3 Å². The zero-order valence-electron chi connectivity index (χ0n) is 15.4. The van der Waals surface area contributed by atoms with Gasteiger partial charge in [-0.15, -0.1) is 0 Å². The van der Waals surface area contributed by atoms with Gasteiger partial charge in [0.25, 0.3) is 0 Å². The molecule has 0 saturated carbocycles. The van der Waals surface area contributed by atoms with Crippen LogP contribution in [0.2, 0.25) is 0 Å². The zero-order valence-corrected chi connectivity index (χ0v) is 15.4. The first-order chi connectivity index (χ1) is 12.0. The van der Waals surface area contributed by atoms with E-state index in [2.05, 4.69) is 30.2 Å². The molecule has 1 aliphatic rings. The van der Waals surface area contributed by atoms with E-state index in [1.807, 2.05) is 12.1 Å². The number of fused-ring (bicyclic) bond motifs is 1. The number of hydrogen-bond donors (Lipinski definition) is 1. The molecule has 25 heavy (non-hydrogen) atoms. The first kappa shape index (κ1) is 17.7. The van der Waals surface area contributed by atoms with E-state index in [9.17, 15) is 4.79 Å². The number of hydrogen-bond acceptors (Lipinski definition) is 4. The summed E-state index contributed by atoms with van der Waals surface area (Å²) in [5.74, 6) is 1.93. The predicted octanol–water partition coefficient (Wildman–Crippen LogP) is 3.66. The van der Waals surface area contributed by atoms with Crippen LogP contribution in [0.4, 0.5) is 4.79 Å². The summed E-state index contributed by atoms with van der Waals surface area (Å²) in [5, 5.41) is 0. The van der Waals surface area contributed by atoms with Gasteiger partial charge in [0.15, 0.2) is 5.75 Å². The molecule has 1 atom stereocenters. The van der Waals surface area contributed by atoms with E-state index >= 15 is 0 Å². The molecule has 0 radical (unpaired) electrons. The van der Waals surface area contributed by atoms with Gasteiger partial charge in [-0.2, -0.15) is 0 Å². The van der Waals surface area contributed by atoms with E-state index in [4.69, 9.17) is 15.5 Å². The quantitative estimate of drug-likeness (QED) is 0.898. The van der Waals surface area contributed by atoms with Gasteiger partial charge in [0.05, 0.1) is 5.52 Å². The molecule has 1 unspecified atom stereocenters. The highest BCUT2D eigenvalue weighted by Gasteiger charge is 2.27. The summed E-state index contributed by atoms with van der Waals surface area (Å²) in [6.45, 7) is 9.89. The van der Waals surface area contributed by atoms with Crippen molar-refractivity contribution in [3.63, 3.8) is 0 Å². The van der Waals surface area contributed by atoms with E-state index in [1.165, 1.54) is 19.4 Å². The Hall–Kier alpha value is -2.08. The summed E-state index contributed by atoms with van der Waals surface area (Å²) in [5.41, 5.74) is 6.93. The van der Waals surface area contributed by atoms with Crippen LogP contribution >= 0.6 is 0 Å². The minimum absolute atomic E-state index is 0.283. The number of amides is 1. The zero-order chi connectivity index (χ0) is 18.0. The van der Waals surface area contributed by atoms with Crippen molar-refractivity contribution in [3.8, 4) is 5.75 Å². The van der Waals surface area contributed by atoms with Gasteiger partial charge in [-0.25, -0.2) is 9.78 Å². The Morgan fingerprint density at radius 1 is 1.44 bits per heavy atom. The van der Waals surface area contributed by atoms with Crippen molar-refractivity contribution < 1.29 is 9.53 Å². The third-order valence-electron chi connectivity index (χ3n) is 4.85. The van der Waals surface area contributed by atoms with Crippen LogP contribution in [0.15, 0.2) is 18.2 Å². The van der Waals surface area contributed by atoms with Crippen molar-refractivity contribution in [2.45, 2.75) is 52.0 Å². The van der Waals surface area contributed by atoms with Crippen molar-refractivity contribution in [2.24, 2.45) is 5.73 Å². The molecule has 1 saturated heterocycles. The molecule has 6 nitrogen and oxygen atoms in total. The van der Waals surface area contributed by atoms with Gasteiger partial charge >= 0.3 is 6.09 Å². The van der Waals surface area contributed by atoms with E-state index in [-0.39, 0.29) is 6.04 Å². The number of carbonyl (C=O) groups is 1. The van der Waals surface area contributed by atoms with Gasteiger partial charge in [0, 0.05) is 18.5 Å². The van der Waals surface area contributed by atoms with Crippen LogP contribution in [-0.2, 0) is 0 Å². The second-order valence-corrected chi connectivity index (χ2v) is 7.12. The van der Waals surface area contributed by atoms with Crippen molar-refractivity contribution in [1.82, 2.24) is 14.5 Å². The molecule has 1 aromatic carbocycles. The van der Waals surface area contributed by atoms with Crippen molar-refractivity contribution in [1.29, 1.82) is 0 Å². The molecule has 3 rings (SSSR count). The van der Waals surface area contributed by atoms with Gasteiger partial charge < -0.3 is 19.9 Å². The highest BCUT2D eigenvalue weighted by atomic mass is 16.5. The fourth-order valence-corrected chi connectivity index (χ4v) is 3.92. The first-order valence-corrected chi connectivity index (χ1v) is 9.21. The van der Waals surface area contributed by atoms with Crippen LogP contribution in [0.3, 0.4) is 0 Å². The van der Waals surface area contributed by atoms with Gasteiger partial charge in [0.1, 0.15) is 11.3 Å². The summed E-state index contributed by atoms with van der Waals surface area (Å²) in [7, 11) is 0. The topological polar surface area (TPSA) is 73.4 Å². The summed E-state index contributed by atoms with van der Waals surface area (Å²) in [6.07, 6.45) is 2.70. The summed E-state index contributed by atoms with van der Waals surface area (Å²) in [6, 6.07) is 5.95. The first-order valence-electron chi connectivity index (χ1n) is 9.21. The number of imidazole rings is 1. The molecule has 0 aliphatic carbocycles. The van der Waals surface area contributed by atoms with Crippen LogP contribution < -0.4 is 10.5 Å². The van der Waals surface area contributed by atoms with Crippen LogP contribution in [0, 0.1) is 0 Å². The molecular formula is C19H28N4O2. The maximum absolute atomic E-state index is 11.2. The SMILES string of the molecule is CCCN1CCCC(c2nc3c(OC(N)=O)cccc3n2C(C)C)C1. The van der Waals surface area contributed by atoms with Gasteiger partial charge in [-0.1, -0.05) is 13.0 Å². The molecule has 1 aliphatic heterocycles. The van der Waals surface area contributed by atoms with Crippen molar-refractivity contribution in [2.75, 3.05) is 19.6 Å². The lowest BCUT2D eigenvalue weighted by molar-refractivity contribution is 0.202. The number of likely N-dealkylation sites (tertiary alicyclic amines) is 1. The largest absolute Gasteiger partial charge is 0.410 e. The number of nitrogens with zero attached hydrogens (tertiary/aromatic N) is 3. The molecule has 136 valence electrons. The Bertz CT molecular complexity index is 751. The third-order valence-corrected chi connectivity index (χ3v) is 4.85. The van der Waals surface area contributed by atoms with Gasteiger partial charge in [0.2, 0.25) is 0 Å². The number of primary amides is 1. The second kappa shape index (κ2) is 7.44. The van der Waals surface area contributed by atoms with Crippen molar-refractivity contribution in [3.05, 3.63) is 24.0 Å². The normalized spacial score (nSPS) is 18.8. The van der Waals surface area contributed by atoms with Crippen LogP contribution in [0.25, 0.3) is 11.0 Å². The molecule has 2 aromatic rings. The Morgan fingerprint density at radius 2 is 2.24 bits per heavy atom. The molecule has 6 heteroatoms. The summed E-state index contributed by atoms with van der Waals surface area (Å²) >= 11 is 0. The van der Waals surface area contributed by atoms with Crippen LogP contribution in [0.5, 0.6) is 5.75 Å². The van der Waals surface area contributed by atoms with Crippen LogP contribution in [-0.4, -0.2) is 40.2 Å². The molecule has 2 heterocycles. The van der Waals surface area contributed by atoms with E-state index in [1.54, 1.807) is 6.07 Å². The number of carbonyl (C=O) groups excluding carboxylic acids is 1. The van der Waals surface area contributed by atoms with Crippen LogP contribution in [0.1, 0.15) is 57.8 Å². The molecule has 0 spiro atoms.